The van der Waals surface area contributed by atoms with E-state index in [0.717, 1.165) is 24.1 Å². The molecule has 0 unspecified atom stereocenters. The van der Waals surface area contributed by atoms with Gasteiger partial charge in [-0.25, -0.2) is 4.79 Å². The second-order valence-electron chi connectivity index (χ2n) is 5.79. The molecule has 1 aliphatic heterocycles. The van der Waals surface area contributed by atoms with Crippen molar-refractivity contribution in [2.75, 3.05) is 32.5 Å². The van der Waals surface area contributed by atoms with E-state index in [1.54, 1.807) is 23.9 Å². The summed E-state index contributed by atoms with van der Waals surface area (Å²) in [6, 6.07) is 7.66. The number of hydrogen-bond acceptors (Lipinski definition) is 2. The summed E-state index contributed by atoms with van der Waals surface area (Å²) in [4.78, 5) is 27.5. The zero-order chi connectivity index (χ0) is 15.4. The van der Waals surface area contributed by atoms with Crippen LogP contribution in [-0.2, 0) is 4.79 Å². The Morgan fingerprint density at radius 3 is 2.48 bits per heavy atom. The monoisotopic (exact) mass is 289 g/mol. The average Bonchev–Trinajstić information content (AvgIpc) is 2.46. The van der Waals surface area contributed by atoms with Gasteiger partial charge in [0.15, 0.2) is 0 Å². The Hall–Kier alpha value is -2.04. The molecule has 21 heavy (non-hydrogen) atoms. The quantitative estimate of drug-likeness (QED) is 0.908. The highest BCUT2D eigenvalue weighted by molar-refractivity contribution is 5.89. The van der Waals surface area contributed by atoms with E-state index < -0.39 is 0 Å². The number of urea groups is 1. The molecular formula is C16H23N3O2. The van der Waals surface area contributed by atoms with Gasteiger partial charge in [-0.1, -0.05) is 12.1 Å². The van der Waals surface area contributed by atoms with Crippen LogP contribution in [0.25, 0.3) is 0 Å². The third-order valence-electron chi connectivity index (χ3n) is 3.84. The molecule has 5 heteroatoms. The number of hydrogen-bond donors (Lipinski definition) is 1. The lowest BCUT2D eigenvalue weighted by molar-refractivity contribution is -0.134. The number of rotatable bonds is 2. The summed E-state index contributed by atoms with van der Waals surface area (Å²) in [7, 11) is 3.55. The van der Waals surface area contributed by atoms with Crippen molar-refractivity contribution in [3.05, 3.63) is 29.8 Å². The lowest BCUT2D eigenvalue weighted by atomic mass is 9.96. The zero-order valence-corrected chi connectivity index (χ0v) is 12.9. The molecule has 1 aromatic carbocycles. The van der Waals surface area contributed by atoms with E-state index in [1.807, 2.05) is 31.2 Å². The summed E-state index contributed by atoms with van der Waals surface area (Å²) >= 11 is 0. The van der Waals surface area contributed by atoms with Gasteiger partial charge in [0.25, 0.3) is 0 Å². The Kier molecular flexibility index (Phi) is 4.83. The van der Waals surface area contributed by atoms with Gasteiger partial charge in [0.1, 0.15) is 0 Å². The number of nitrogens with zero attached hydrogens (tertiary/aromatic N) is 2. The third-order valence-corrected chi connectivity index (χ3v) is 3.84. The van der Waals surface area contributed by atoms with Crippen LogP contribution in [0.2, 0.25) is 0 Å². The van der Waals surface area contributed by atoms with E-state index in [4.69, 9.17) is 0 Å². The van der Waals surface area contributed by atoms with Crippen LogP contribution >= 0.6 is 0 Å². The maximum atomic E-state index is 12.2. The number of likely N-dealkylation sites (tertiary alicyclic amines) is 1. The van der Waals surface area contributed by atoms with E-state index >= 15 is 0 Å². The Balaban J connectivity index is 1.87. The van der Waals surface area contributed by atoms with E-state index in [2.05, 4.69) is 5.32 Å². The SMILES string of the molecule is Cc1cccc(NC(=O)N2CCC(C(=O)N(C)C)CC2)c1. The van der Waals surface area contributed by atoms with Crippen molar-refractivity contribution in [2.24, 2.45) is 5.92 Å². The Morgan fingerprint density at radius 2 is 1.90 bits per heavy atom. The first kappa shape index (κ1) is 15.4. The van der Waals surface area contributed by atoms with Gasteiger partial charge in [-0.3, -0.25) is 4.79 Å². The molecule has 0 bridgehead atoms. The predicted octanol–water partition coefficient (Wildman–Crippen LogP) is 2.33. The van der Waals surface area contributed by atoms with Gasteiger partial charge >= 0.3 is 6.03 Å². The van der Waals surface area contributed by atoms with Crippen molar-refractivity contribution >= 4 is 17.6 Å². The summed E-state index contributed by atoms with van der Waals surface area (Å²) in [5, 5.41) is 2.91. The predicted molar refractivity (Wildman–Crippen MR) is 83.2 cm³/mol. The molecule has 1 N–H and O–H groups in total. The second kappa shape index (κ2) is 6.61. The summed E-state index contributed by atoms with van der Waals surface area (Å²) in [6.45, 7) is 3.25. The number of carbonyl (C=O) groups excluding carboxylic acids is 2. The van der Waals surface area contributed by atoms with Crippen LogP contribution < -0.4 is 5.32 Å². The van der Waals surface area contributed by atoms with E-state index in [9.17, 15) is 9.59 Å². The molecule has 0 radical (unpaired) electrons. The Morgan fingerprint density at radius 1 is 1.24 bits per heavy atom. The summed E-state index contributed by atoms with van der Waals surface area (Å²) < 4.78 is 0. The smallest absolute Gasteiger partial charge is 0.321 e. The van der Waals surface area contributed by atoms with E-state index in [-0.39, 0.29) is 17.9 Å². The molecule has 0 atom stereocenters. The average molecular weight is 289 g/mol. The minimum atomic E-state index is -0.0867. The van der Waals surface area contributed by atoms with E-state index in [0.29, 0.717) is 13.1 Å². The highest BCUT2D eigenvalue weighted by Crippen LogP contribution is 2.20. The fraction of sp³-hybridized carbons (Fsp3) is 0.500. The zero-order valence-electron chi connectivity index (χ0n) is 12.9. The molecule has 114 valence electrons. The van der Waals surface area contributed by atoms with Gasteiger partial charge in [0.05, 0.1) is 0 Å². The van der Waals surface area contributed by atoms with Gasteiger partial charge in [-0.2, -0.15) is 0 Å². The highest BCUT2D eigenvalue weighted by atomic mass is 16.2. The first-order chi connectivity index (χ1) is 9.97. The maximum absolute atomic E-state index is 12.2. The molecule has 0 saturated carbocycles. The molecule has 2 rings (SSSR count). The molecule has 0 spiro atoms. The third kappa shape index (κ3) is 3.97. The number of anilines is 1. The van der Waals surface area contributed by atoms with Crippen LogP contribution in [0.15, 0.2) is 24.3 Å². The van der Waals surface area contributed by atoms with Crippen molar-refractivity contribution in [3.8, 4) is 0 Å². The topological polar surface area (TPSA) is 52.7 Å². The summed E-state index contributed by atoms with van der Waals surface area (Å²) in [5.74, 6) is 0.205. The van der Waals surface area contributed by atoms with Gasteiger partial charge < -0.3 is 15.1 Å². The largest absolute Gasteiger partial charge is 0.349 e. The van der Waals surface area contributed by atoms with Crippen molar-refractivity contribution in [2.45, 2.75) is 19.8 Å². The maximum Gasteiger partial charge on any atom is 0.321 e. The summed E-state index contributed by atoms with van der Waals surface area (Å²) in [6.07, 6.45) is 1.47. The van der Waals surface area contributed by atoms with Gasteiger partial charge in [-0.05, 0) is 37.5 Å². The lowest BCUT2D eigenvalue weighted by Crippen LogP contribution is -2.44. The van der Waals surface area contributed by atoms with Gasteiger partial charge in [0.2, 0.25) is 5.91 Å². The number of benzene rings is 1. The number of aryl methyl sites for hydroxylation is 1. The van der Waals surface area contributed by atoms with Gasteiger partial charge in [-0.15, -0.1) is 0 Å². The van der Waals surface area contributed by atoms with Crippen LogP contribution in [-0.4, -0.2) is 48.9 Å². The normalized spacial score (nSPS) is 15.7. The fourth-order valence-corrected chi connectivity index (χ4v) is 2.62. The van der Waals surface area contributed by atoms with Gasteiger partial charge in [0, 0.05) is 38.8 Å². The van der Waals surface area contributed by atoms with Crippen LogP contribution in [0.1, 0.15) is 18.4 Å². The standard InChI is InChI=1S/C16H23N3O2/c1-12-5-4-6-14(11-12)17-16(21)19-9-7-13(8-10-19)15(20)18(2)3/h4-6,11,13H,7-10H2,1-3H3,(H,17,21). The van der Waals surface area contributed by atoms with E-state index in [1.165, 1.54) is 0 Å². The van der Waals surface area contributed by atoms with Crippen LogP contribution in [0.5, 0.6) is 0 Å². The van der Waals surface area contributed by atoms with Crippen LogP contribution in [0.4, 0.5) is 10.5 Å². The van der Waals surface area contributed by atoms with Crippen molar-refractivity contribution < 1.29 is 9.59 Å². The summed E-state index contributed by atoms with van der Waals surface area (Å²) in [5.41, 5.74) is 1.93. The van der Waals surface area contributed by atoms with Crippen molar-refractivity contribution in [1.29, 1.82) is 0 Å². The first-order valence-electron chi connectivity index (χ1n) is 7.31. The Bertz CT molecular complexity index is 520. The number of nitrogens with one attached hydrogen (secondary N) is 1. The fourth-order valence-electron chi connectivity index (χ4n) is 2.62. The minimum Gasteiger partial charge on any atom is -0.349 e. The first-order valence-corrected chi connectivity index (χ1v) is 7.31. The minimum absolute atomic E-state index is 0.0445. The number of amides is 3. The molecule has 1 aromatic rings. The second-order valence-corrected chi connectivity index (χ2v) is 5.79. The molecule has 3 amide bonds. The molecular weight excluding hydrogens is 266 g/mol. The van der Waals surface area contributed by atoms with Crippen LogP contribution in [0, 0.1) is 12.8 Å². The molecule has 0 aliphatic carbocycles. The Labute approximate surface area is 125 Å². The van der Waals surface area contributed by atoms with Crippen molar-refractivity contribution in [1.82, 2.24) is 9.80 Å². The number of piperidine rings is 1. The lowest BCUT2D eigenvalue weighted by Gasteiger charge is -2.32. The number of carbonyl (C=O) groups is 2. The molecule has 1 heterocycles. The van der Waals surface area contributed by atoms with Crippen LogP contribution in [0.3, 0.4) is 0 Å². The molecule has 1 fully saturated rings. The molecule has 1 saturated heterocycles. The molecule has 5 nitrogen and oxygen atoms in total. The molecule has 1 aliphatic rings. The highest BCUT2D eigenvalue weighted by Gasteiger charge is 2.28. The molecule has 0 aromatic heterocycles. The van der Waals surface area contributed by atoms with Crippen molar-refractivity contribution in [3.63, 3.8) is 0 Å².